The van der Waals surface area contributed by atoms with Crippen molar-refractivity contribution in [3.63, 3.8) is 0 Å². The molecule has 47 heavy (non-hydrogen) atoms. The fourth-order valence-electron chi connectivity index (χ4n) is 5.39. The maximum absolute atomic E-state index is 13.7. The van der Waals surface area contributed by atoms with Crippen LogP contribution in [0.15, 0.2) is 46.8 Å². The quantitative estimate of drug-likeness (QED) is 0.170. The van der Waals surface area contributed by atoms with E-state index in [9.17, 15) is 32.7 Å². The Balaban J connectivity index is 1.61. The van der Waals surface area contributed by atoms with Gasteiger partial charge in [0, 0.05) is 67.1 Å². The third-order valence-corrected chi connectivity index (χ3v) is 8.73. The Hall–Kier alpha value is -4.34. The minimum absolute atomic E-state index is 0.0297. The summed E-state index contributed by atoms with van der Waals surface area (Å²) in [6.45, 7) is 3.89. The predicted octanol–water partition coefficient (Wildman–Crippen LogP) is 5.28. The molecule has 11 nitrogen and oxygen atoms in total. The normalized spacial score (nSPS) is 13.9. The van der Waals surface area contributed by atoms with E-state index in [0.717, 1.165) is 36.0 Å². The van der Waals surface area contributed by atoms with Gasteiger partial charge in [0.05, 0.1) is 12.1 Å². The highest BCUT2D eigenvalue weighted by molar-refractivity contribution is 7.13. The molecule has 15 heteroatoms. The number of anilines is 1. The molecule has 0 radical (unpaired) electrons. The van der Waals surface area contributed by atoms with Crippen molar-refractivity contribution >= 4 is 40.0 Å². The molecular weight excluding hydrogens is 637 g/mol. The van der Waals surface area contributed by atoms with Crippen molar-refractivity contribution < 1.29 is 32.6 Å². The molecule has 3 aromatic heterocycles. The van der Waals surface area contributed by atoms with E-state index in [1.54, 1.807) is 18.2 Å². The van der Waals surface area contributed by atoms with E-state index >= 15 is 0 Å². The summed E-state index contributed by atoms with van der Waals surface area (Å²) in [6.07, 6.45) is 1.62. The Kier molecular flexibility index (Phi) is 10.9. The van der Waals surface area contributed by atoms with E-state index in [4.69, 9.17) is 4.74 Å². The van der Waals surface area contributed by atoms with Gasteiger partial charge in [-0.15, -0.1) is 11.3 Å². The number of nitrogens with zero attached hydrogens (tertiary/aromatic N) is 3. The molecule has 4 heterocycles. The van der Waals surface area contributed by atoms with Crippen molar-refractivity contribution in [1.29, 1.82) is 0 Å². The first-order valence-corrected chi connectivity index (χ1v) is 16.2. The molecular formula is C32H35F3N6O5S. The number of amides is 3. The van der Waals surface area contributed by atoms with E-state index in [-0.39, 0.29) is 40.5 Å². The Morgan fingerprint density at radius 3 is 2.62 bits per heavy atom. The molecule has 0 spiro atoms. The van der Waals surface area contributed by atoms with Gasteiger partial charge >= 0.3 is 12.2 Å². The van der Waals surface area contributed by atoms with Crippen LogP contribution >= 0.6 is 11.3 Å². The molecule has 4 aromatic rings. The van der Waals surface area contributed by atoms with Gasteiger partial charge in [0.25, 0.3) is 5.91 Å². The summed E-state index contributed by atoms with van der Waals surface area (Å²) in [5.41, 5.74) is -0.0142. The summed E-state index contributed by atoms with van der Waals surface area (Å²) in [7, 11) is 0. The topological polar surface area (TPSA) is 147 Å². The molecule has 0 bridgehead atoms. The zero-order valence-electron chi connectivity index (χ0n) is 25.7. The molecule has 4 N–H and O–H groups in total. The van der Waals surface area contributed by atoms with Crippen LogP contribution in [0.1, 0.15) is 48.7 Å². The Labute approximate surface area is 272 Å². The SMILES string of the molecule is CCCNC(=O)Nc1cc(-c2nc(C(F)(F)F)cs2)c(-c2ccc3c(c2)c(=O)c(C(=O)NCCO)cn3CCC2CCOCC2)cn1. The van der Waals surface area contributed by atoms with Crippen LogP contribution in [0.2, 0.25) is 0 Å². The van der Waals surface area contributed by atoms with Crippen LogP contribution in [0.3, 0.4) is 0 Å². The van der Waals surface area contributed by atoms with Gasteiger partial charge in [0.15, 0.2) is 5.69 Å². The summed E-state index contributed by atoms with van der Waals surface area (Å²) >= 11 is 0.788. The zero-order valence-corrected chi connectivity index (χ0v) is 26.5. The van der Waals surface area contributed by atoms with Gasteiger partial charge in [-0.25, -0.2) is 14.8 Å². The highest BCUT2D eigenvalue weighted by Gasteiger charge is 2.34. The van der Waals surface area contributed by atoms with Gasteiger partial charge in [-0.3, -0.25) is 14.9 Å². The molecule has 0 unspecified atom stereocenters. The Morgan fingerprint density at radius 1 is 1.13 bits per heavy atom. The number of pyridine rings is 2. The van der Waals surface area contributed by atoms with Crippen LogP contribution in [0, 0.1) is 5.92 Å². The number of aromatic nitrogens is 3. The van der Waals surface area contributed by atoms with Crippen LogP contribution < -0.4 is 21.4 Å². The highest BCUT2D eigenvalue weighted by Crippen LogP contribution is 2.39. The molecule has 1 aliphatic heterocycles. The second kappa shape index (κ2) is 15.0. The predicted molar refractivity (Wildman–Crippen MR) is 172 cm³/mol. The first kappa shape index (κ1) is 34.0. The summed E-state index contributed by atoms with van der Waals surface area (Å²) in [6, 6.07) is 5.98. The first-order chi connectivity index (χ1) is 22.6. The van der Waals surface area contributed by atoms with E-state index < -0.39 is 29.2 Å². The molecule has 1 aromatic carbocycles. The van der Waals surface area contributed by atoms with Gasteiger partial charge in [-0.2, -0.15) is 13.2 Å². The molecule has 3 amide bonds. The number of rotatable bonds is 11. The number of benzene rings is 1. The number of hydrogen-bond acceptors (Lipinski definition) is 8. The van der Waals surface area contributed by atoms with Crippen molar-refractivity contribution in [1.82, 2.24) is 25.2 Å². The standard InChI is InChI=1S/C32H35F3N6O5S/c1-2-8-37-31(45)40-27-15-21(30-39-26(18-47-30)32(33,34)35)23(16-38-27)20-3-4-25-22(14-20)28(43)24(29(44)36-9-11-42)17-41(25)10-5-19-6-12-46-13-7-19/h3-4,14-19,42H,2,5-13H2,1H3,(H,36,44)(H2,37,38,40,45). The number of thiazole rings is 1. The largest absolute Gasteiger partial charge is 0.434 e. The van der Waals surface area contributed by atoms with E-state index in [1.165, 1.54) is 18.5 Å². The van der Waals surface area contributed by atoms with Crippen LogP contribution in [0.5, 0.6) is 0 Å². The van der Waals surface area contributed by atoms with Crippen LogP contribution in [-0.4, -0.2) is 64.5 Å². The number of urea groups is 1. The number of halogens is 3. The van der Waals surface area contributed by atoms with E-state index in [0.29, 0.717) is 55.3 Å². The number of nitrogens with one attached hydrogen (secondary N) is 3. The lowest BCUT2D eigenvalue weighted by molar-refractivity contribution is -0.140. The average molecular weight is 673 g/mol. The third kappa shape index (κ3) is 8.15. The molecule has 1 saturated heterocycles. The maximum atomic E-state index is 13.7. The summed E-state index contributed by atoms with van der Waals surface area (Å²) in [5.74, 6) is -0.105. The molecule has 0 aliphatic carbocycles. The van der Waals surface area contributed by atoms with Gasteiger partial charge in [-0.1, -0.05) is 13.0 Å². The van der Waals surface area contributed by atoms with Gasteiger partial charge in [-0.05, 0) is 55.4 Å². The number of aryl methyl sites for hydroxylation is 1. The van der Waals surface area contributed by atoms with Gasteiger partial charge < -0.3 is 25.0 Å². The summed E-state index contributed by atoms with van der Waals surface area (Å²) < 4.78 is 47.9. The summed E-state index contributed by atoms with van der Waals surface area (Å²) in [4.78, 5) is 47.2. The second-order valence-electron chi connectivity index (χ2n) is 11.2. The number of carbonyl (C=O) groups is 2. The maximum Gasteiger partial charge on any atom is 0.434 e. The Morgan fingerprint density at radius 2 is 1.91 bits per heavy atom. The highest BCUT2D eigenvalue weighted by atomic mass is 32.1. The van der Waals surface area contributed by atoms with Crippen LogP contribution in [0.25, 0.3) is 32.6 Å². The second-order valence-corrected chi connectivity index (χ2v) is 12.0. The minimum atomic E-state index is -4.66. The Bertz CT molecular complexity index is 1800. The number of aliphatic hydroxyl groups is 1. The van der Waals surface area contributed by atoms with Crippen molar-refractivity contribution in [2.75, 3.05) is 38.2 Å². The lowest BCUT2D eigenvalue weighted by atomic mass is 9.96. The number of hydrogen-bond donors (Lipinski definition) is 4. The lowest BCUT2D eigenvalue weighted by Crippen LogP contribution is -2.31. The number of aliphatic hydroxyl groups excluding tert-OH is 1. The van der Waals surface area contributed by atoms with Gasteiger partial charge in [0.2, 0.25) is 5.43 Å². The molecule has 1 fully saturated rings. The van der Waals surface area contributed by atoms with Crippen molar-refractivity contribution in [3.8, 4) is 21.7 Å². The molecule has 250 valence electrons. The number of alkyl halides is 3. The van der Waals surface area contributed by atoms with Gasteiger partial charge in [0.1, 0.15) is 16.4 Å². The fraction of sp³-hybridized carbons (Fsp3) is 0.406. The van der Waals surface area contributed by atoms with Crippen molar-refractivity contribution in [2.45, 2.75) is 45.3 Å². The fourth-order valence-corrected chi connectivity index (χ4v) is 6.25. The van der Waals surface area contributed by atoms with Crippen LogP contribution in [0.4, 0.5) is 23.8 Å². The molecule has 1 aliphatic rings. The zero-order chi connectivity index (χ0) is 33.6. The monoisotopic (exact) mass is 672 g/mol. The molecule has 5 rings (SSSR count). The molecule has 0 atom stereocenters. The number of ether oxygens (including phenoxy) is 1. The first-order valence-electron chi connectivity index (χ1n) is 15.3. The van der Waals surface area contributed by atoms with Crippen molar-refractivity contribution in [3.05, 3.63) is 63.5 Å². The minimum Gasteiger partial charge on any atom is -0.395 e. The van der Waals surface area contributed by atoms with E-state index in [1.807, 2.05) is 11.5 Å². The van der Waals surface area contributed by atoms with Crippen LogP contribution in [-0.2, 0) is 17.5 Å². The smallest absolute Gasteiger partial charge is 0.395 e. The van der Waals surface area contributed by atoms with E-state index in [2.05, 4.69) is 25.9 Å². The number of carbonyl (C=O) groups excluding carboxylic acids is 2. The van der Waals surface area contributed by atoms with Crippen molar-refractivity contribution in [2.24, 2.45) is 5.92 Å². The summed E-state index contributed by atoms with van der Waals surface area (Å²) in [5, 5.41) is 18.2. The third-order valence-electron chi connectivity index (χ3n) is 7.86. The average Bonchev–Trinajstić information content (AvgIpc) is 3.58. The number of fused-ring (bicyclic) bond motifs is 1. The lowest BCUT2D eigenvalue weighted by Gasteiger charge is -2.23. The molecule has 0 saturated carbocycles.